The second-order valence-electron chi connectivity index (χ2n) is 4.64. The summed E-state index contributed by atoms with van der Waals surface area (Å²) in [6, 6.07) is 5.30. The van der Waals surface area contributed by atoms with Crippen molar-refractivity contribution in [3.8, 4) is 5.75 Å². The van der Waals surface area contributed by atoms with Gasteiger partial charge < -0.3 is 15.2 Å². The van der Waals surface area contributed by atoms with Gasteiger partial charge in [0, 0.05) is 12.6 Å². The van der Waals surface area contributed by atoms with E-state index in [1.807, 2.05) is 0 Å². The third-order valence-electron chi connectivity index (χ3n) is 3.56. The Morgan fingerprint density at radius 2 is 2.28 bits per heavy atom. The van der Waals surface area contributed by atoms with Crippen molar-refractivity contribution in [3.63, 3.8) is 0 Å². The molecule has 0 spiro atoms. The highest BCUT2D eigenvalue weighted by atomic mass is 35.5. The van der Waals surface area contributed by atoms with E-state index in [2.05, 4.69) is 5.32 Å². The zero-order valence-corrected chi connectivity index (χ0v) is 11.0. The van der Waals surface area contributed by atoms with Crippen LogP contribution < -0.4 is 10.1 Å². The second kappa shape index (κ2) is 5.06. The van der Waals surface area contributed by atoms with Crippen LogP contribution in [0.2, 0.25) is 5.02 Å². The number of aliphatic carboxylic acids is 1. The molecule has 2 rings (SSSR count). The minimum Gasteiger partial charge on any atom is -0.497 e. The number of carbonyl (C=O) groups is 1. The summed E-state index contributed by atoms with van der Waals surface area (Å²) < 4.78 is 5.06. The highest BCUT2D eigenvalue weighted by Crippen LogP contribution is 2.41. The maximum Gasteiger partial charge on any atom is 0.311 e. The molecule has 0 unspecified atom stereocenters. The van der Waals surface area contributed by atoms with Crippen LogP contribution in [0.3, 0.4) is 0 Å². The predicted molar refractivity (Wildman–Crippen MR) is 70.4 cm³/mol. The van der Waals surface area contributed by atoms with Gasteiger partial charge in [-0.15, -0.1) is 0 Å². The Labute approximate surface area is 111 Å². The van der Waals surface area contributed by atoms with Gasteiger partial charge in [-0.25, -0.2) is 0 Å². The third kappa shape index (κ3) is 2.38. The largest absolute Gasteiger partial charge is 0.497 e. The van der Waals surface area contributed by atoms with E-state index in [4.69, 9.17) is 16.3 Å². The summed E-state index contributed by atoms with van der Waals surface area (Å²) >= 11 is 6.09. The minimum atomic E-state index is -0.731. The standard InChI is InChI=1S/C13H16ClNO3/c1-18-9-3-4-11(10(14)7-9)15-8-13(12(16)17)5-2-6-13/h3-4,7,15H,2,5-6,8H2,1H3,(H,16,17). The summed E-state index contributed by atoms with van der Waals surface area (Å²) in [7, 11) is 1.58. The first-order valence-corrected chi connectivity index (χ1v) is 6.26. The highest BCUT2D eigenvalue weighted by molar-refractivity contribution is 6.33. The lowest BCUT2D eigenvalue weighted by molar-refractivity contribution is -0.153. The topological polar surface area (TPSA) is 58.6 Å². The number of hydrogen-bond donors (Lipinski definition) is 2. The number of rotatable bonds is 5. The summed E-state index contributed by atoms with van der Waals surface area (Å²) in [5, 5.41) is 12.9. The average molecular weight is 270 g/mol. The quantitative estimate of drug-likeness (QED) is 0.863. The van der Waals surface area contributed by atoms with Gasteiger partial charge in [-0.2, -0.15) is 0 Å². The van der Waals surface area contributed by atoms with Crippen molar-refractivity contribution in [1.82, 2.24) is 0 Å². The SMILES string of the molecule is COc1ccc(NCC2(C(=O)O)CCC2)c(Cl)c1. The third-order valence-corrected chi connectivity index (χ3v) is 3.87. The Balaban J connectivity index is 2.04. The van der Waals surface area contributed by atoms with E-state index in [0.717, 1.165) is 24.9 Å². The Kier molecular flexibility index (Phi) is 3.66. The van der Waals surface area contributed by atoms with Gasteiger partial charge in [-0.05, 0) is 25.0 Å². The lowest BCUT2D eigenvalue weighted by Gasteiger charge is -2.38. The fourth-order valence-corrected chi connectivity index (χ4v) is 2.34. The van der Waals surface area contributed by atoms with Crippen LogP contribution in [-0.4, -0.2) is 24.7 Å². The van der Waals surface area contributed by atoms with Gasteiger partial charge in [-0.3, -0.25) is 4.79 Å². The second-order valence-corrected chi connectivity index (χ2v) is 5.05. The Morgan fingerprint density at radius 3 is 2.72 bits per heavy atom. The summed E-state index contributed by atoms with van der Waals surface area (Å²) in [4.78, 5) is 11.2. The molecule has 0 atom stereocenters. The van der Waals surface area contributed by atoms with Crippen LogP contribution in [0.5, 0.6) is 5.75 Å². The van der Waals surface area contributed by atoms with Gasteiger partial charge in [0.15, 0.2) is 0 Å². The fourth-order valence-electron chi connectivity index (χ4n) is 2.10. The van der Waals surface area contributed by atoms with Gasteiger partial charge in [0.05, 0.1) is 23.2 Å². The molecule has 1 saturated carbocycles. The van der Waals surface area contributed by atoms with E-state index >= 15 is 0 Å². The Bertz CT molecular complexity index is 458. The molecule has 0 radical (unpaired) electrons. The molecule has 0 aromatic heterocycles. The Morgan fingerprint density at radius 1 is 1.56 bits per heavy atom. The Hall–Kier alpha value is -1.42. The van der Waals surface area contributed by atoms with Gasteiger partial charge in [0.1, 0.15) is 5.75 Å². The molecule has 1 aromatic carbocycles. The van der Waals surface area contributed by atoms with Crippen molar-refractivity contribution < 1.29 is 14.6 Å². The molecule has 0 aliphatic heterocycles. The molecule has 98 valence electrons. The number of halogens is 1. The molecule has 2 N–H and O–H groups in total. The van der Waals surface area contributed by atoms with Gasteiger partial charge in [0.25, 0.3) is 0 Å². The molecule has 5 heteroatoms. The van der Waals surface area contributed by atoms with Crippen LogP contribution in [0.15, 0.2) is 18.2 Å². The van der Waals surface area contributed by atoms with Crippen molar-refractivity contribution in [2.75, 3.05) is 19.0 Å². The van der Waals surface area contributed by atoms with E-state index in [1.54, 1.807) is 25.3 Å². The predicted octanol–water partition coefficient (Wildman–Crippen LogP) is 3.02. The molecule has 0 amide bonds. The molecule has 1 aromatic rings. The lowest BCUT2D eigenvalue weighted by Crippen LogP contribution is -2.43. The first kappa shape index (κ1) is 13.0. The zero-order chi connectivity index (χ0) is 13.2. The molecule has 1 aliphatic rings. The maximum atomic E-state index is 11.2. The number of methoxy groups -OCH3 is 1. The molecule has 0 saturated heterocycles. The number of ether oxygens (including phenoxy) is 1. The lowest BCUT2D eigenvalue weighted by atomic mass is 9.69. The highest BCUT2D eigenvalue weighted by Gasteiger charge is 2.44. The van der Waals surface area contributed by atoms with Gasteiger partial charge in [-0.1, -0.05) is 18.0 Å². The average Bonchev–Trinajstić information content (AvgIpc) is 2.28. The smallest absolute Gasteiger partial charge is 0.311 e. The van der Waals surface area contributed by atoms with Crippen molar-refractivity contribution in [2.24, 2.45) is 5.41 Å². The van der Waals surface area contributed by atoms with E-state index in [-0.39, 0.29) is 0 Å². The van der Waals surface area contributed by atoms with Crippen molar-refractivity contribution in [1.29, 1.82) is 0 Å². The van der Waals surface area contributed by atoms with Gasteiger partial charge >= 0.3 is 5.97 Å². The number of carboxylic acid groups (broad SMARTS) is 1. The number of carboxylic acids is 1. The number of hydrogen-bond acceptors (Lipinski definition) is 3. The zero-order valence-electron chi connectivity index (χ0n) is 10.2. The van der Waals surface area contributed by atoms with Crippen LogP contribution in [0.25, 0.3) is 0 Å². The maximum absolute atomic E-state index is 11.2. The van der Waals surface area contributed by atoms with Crippen LogP contribution in [0.1, 0.15) is 19.3 Å². The van der Waals surface area contributed by atoms with Crippen molar-refractivity contribution in [2.45, 2.75) is 19.3 Å². The normalized spacial score (nSPS) is 16.8. The first-order chi connectivity index (χ1) is 8.57. The molecule has 1 fully saturated rings. The molecule has 0 heterocycles. The first-order valence-electron chi connectivity index (χ1n) is 5.88. The van der Waals surface area contributed by atoms with Gasteiger partial charge in [0.2, 0.25) is 0 Å². The van der Waals surface area contributed by atoms with E-state index in [0.29, 0.717) is 17.3 Å². The van der Waals surface area contributed by atoms with Crippen LogP contribution in [-0.2, 0) is 4.79 Å². The molecule has 18 heavy (non-hydrogen) atoms. The summed E-state index contributed by atoms with van der Waals surface area (Å²) in [5.74, 6) is -0.0481. The molecular formula is C13H16ClNO3. The van der Waals surface area contributed by atoms with E-state index < -0.39 is 11.4 Å². The summed E-state index contributed by atoms with van der Waals surface area (Å²) in [6.07, 6.45) is 2.43. The van der Waals surface area contributed by atoms with Crippen molar-refractivity contribution in [3.05, 3.63) is 23.2 Å². The molecule has 1 aliphatic carbocycles. The molecule has 4 nitrogen and oxygen atoms in total. The number of anilines is 1. The molecule has 0 bridgehead atoms. The van der Waals surface area contributed by atoms with Crippen LogP contribution in [0, 0.1) is 5.41 Å². The van der Waals surface area contributed by atoms with Crippen LogP contribution in [0.4, 0.5) is 5.69 Å². The number of nitrogens with one attached hydrogen (secondary N) is 1. The number of benzene rings is 1. The summed E-state index contributed by atoms with van der Waals surface area (Å²) in [5.41, 5.74) is 0.119. The summed E-state index contributed by atoms with van der Waals surface area (Å²) in [6.45, 7) is 0.411. The van der Waals surface area contributed by atoms with E-state index in [9.17, 15) is 9.90 Å². The minimum absolute atomic E-state index is 0.411. The molecular weight excluding hydrogens is 254 g/mol. The monoisotopic (exact) mass is 269 g/mol. The van der Waals surface area contributed by atoms with E-state index in [1.165, 1.54) is 0 Å². The van der Waals surface area contributed by atoms with Crippen LogP contribution >= 0.6 is 11.6 Å². The van der Waals surface area contributed by atoms with Crippen molar-refractivity contribution >= 4 is 23.3 Å². The fraction of sp³-hybridized carbons (Fsp3) is 0.462.